The molecular formula is C23H27N2O2S+. The molecule has 2 aromatic heterocycles. The van der Waals surface area contributed by atoms with Gasteiger partial charge in [-0.2, -0.15) is 0 Å². The van der Waals surface area contributed by atoms with Gasteiger partial charge in [0.25, 0.3) is 0 Å². The van der Waals surface area contributed by atoms with Crippen LogP contribution in [0.4, 0.5) is 0 Å². The van der Waals surface area contributed by atoms with Gasteiger partial charge in [-0.05, 0) is 49.8 Å². The maximum Gasteiger partial charge on any atom is 0.233 e. The van der Waals surface area contributed by atoms with Crippen molar-refractivity contribution >= 4 is 22.9 Å². The number of nitrogens with two attached hydrogens (primary N) is 1. The number of aromatic nitrogens is 1. The first-order valence-electron chi connectivity index (χ1n) is 9.61. The average Bonchev–Trinajstić information content (AvgIpc) is 3.30. The molecule has 0 radical (unpaired) electrons. The van der Waals surface area contributed by atoms with E-state index in [1.165, 1.54) is 22.9 Å². The molecule has 28 heavy (non-hydrogen) atoms. The summed E-state index contributed by atoms with van der Waals surface area (Å²) in [5.74, 6) is 0.00147. The third kappa shape index (κ3) is 4.16. The Morgan fingerprint density at radius 3 is 2.39 bits per heavy atom. The fourth-order valence-corrected chi connectivity index (χ4v) is 4.58. The number of nitrogens with one attached hydrogen (secondary N) is 1. The zero-order valence-corrected chi connectivity index (χ0v) is 17.7. The standard InChI is InChI=1S/C23H26N2O2S/c1-5-17-8-10-18(11-9-17)23(20-7-6-12-28-20)24-13-19(27)22-14(2)21(16(4)26)15(3)25-22/h6-12,23-25H,5,13H2,1-4H3/p+1/t23-/m1/s1. The molecule has 3 rings (SSSR count). The molecule has 146 valence electrons. The second-order valence-corrected chi connectivity index (χ2v) is 8.11. The van der Waals surface area contributed by atoms with E-state index in [1.807, 2.05) is 19.9 Å². The van der Waals surface area contributed by atoms with Crippen molar-refractivity contribution in [3.05, 3.63) is 80.3 Å². The number of quaternary nitrogens is 1. The number of hydrogen-bond donors (Lipinski definition) is 2. The second-order valence-electron chi connectivity index (χ2n) is 7.13. The van der Waals surface area contributed by atoms with Crippen molar-refractivity contribution in [3.8, 4) is 0 Å². The first kappa shape index (κ1) is 20.2. The van der Waals surface area contributed by atoms with Crippen LogP contribution in [0.3, 0.4) is 0 Å². The van der Waals surface area contributed by atoms with Crippen LogP contribution in [-0.4, -0.2) is 23.1 Å². The van der Waals surface area contributed by atoms with Gasteiger partial charge in [0.05, 0.1) is 10.6 Å². The van der Waals surface area contributed by atoms with Gasteiger partial charge in [-0.1, -0.05) is 37.3 Å². The minimum absolute atomic E-state index is 0.0123. The van der Waals surface area contributed by atoms with Crippen LogP contribution in [0.15, 0.2) is 41.8 Å². The van der Waals surface area contributed by atoms with Crippen molar-refractivity contribution < 1.29 is 14.9 Å². The van der Waals surface area contributed by atoms with E-state index in [0.29, 0.717) is 17.8 Å². The molecule has 0 fully saturated rings. The molecule has 4 nitrogen and oxygen atoms in total. The summed E-state index contributed by atoms with van der Waals surface area (Å²) in [5, 5.41) is 4.15. The molecule has 0 bridgehead atoms. The van der Waals surface area contributed by atoms with Gasteiger partial charge >= 0.3 is 0 Å². The van der Waals surface area contributed by atoms with Gasteiger partial charge in [0, 0.05) is 16.8 Å². The topological polar surface area (TPSA) is 66.5 Å². The summed E-state index contributed by atoms with van der Waals surface area (Å²) in [6.45, 7) is 7.68. The molecule has 2 heterocycles. The van der Waals surface area contributed by atoms with Crippen LogP contribution in [0.5, 0.6) is 0 Å². The van der Waals surface area contributed by atoms with Crippen molar-refractivity contribution in [2.75, 3.05) is 6.54 Å². The number of hydrogen-bond acceptors (Lipinski definition) is 3. The smallest absolute Gasteiger partial charge is 0.233 e. The van der Waals surface area contributed by atoms with Gasteiger partial charge in [0.15, 0.2) is 5.78 Å². The molecule has 0 aliphatic heterocycles. The highest BCUT2D eigenvalue weighted by Crippen LogP contribution is 2.23. The molecule has 1 aromatic carbocycles. The predicted octanol–water partition coefficient (Wildman–Crippen LogP) is 3.99. The van der Waals surface area contributed by atoms with Crippen LogP contribution >= 0.6 is 11.3 Å². The van der Waals surface area contributed by atoms with Crippen LogP contribution in [0.2, 0.25) is 0 Å². The van der Waals surface area contributed by atoms with Gasteiger partial charge in [-0.3, -0.25) is 9.59 Å². The van der Waals surface area contributed by atoms with Gasteiger partial charge in [-0.15, -0.1) is 11.3 Å². The molecule has 0 aliphatic rings. The molecule has 3 aromatic rings. The number of aromatic amines is 1. The number of rotatable bonds is 8. The maximum absolute atomic E-state index is 12.9. The first-order chi connectivity index (χ1) is 13.4. The lowest BCUT2D eigenvalue weighted by molar-refractivity contribution is -0.675. The lowest BCUT2D eigenvalue weighted by atomic mass is 10.0. The summed E-state index contributed by atoms with van der Waals surface area (Å²) in [5.41, 5.74) is 5.19. The van der Waals surface area contributed by atoms with Crippen LogP contribution in [-0.2, 0) is 6.42 Å². The van der Waals surface area contributed by atoms with Crippen molar-refractivity contribution in [2.24, 2.45) is 0 Å². The maximum atomic E-state index is 12.9. The highest BCUT2D eigenvalue weighted by molar-refractivity contribution is 7.10. The fraction of sp³-hybridized carbons (Fsp3) is 0.304. The van der Waals surface area contributed by atoms with Crippen molar-refractivity contribution in [2.45, 2.75) is 40.2 Å². The second kappa shape index (κ2) is 8.67. The zero-order chi connectivity index (χ0) is 20.3. The lowest BCUT2D eigenvalue weighted by Crippen LogP contribution is -2.87. The van der Waals surface area contributed by atoms with E-state index in [0.717, 1.165) is 17.7 Å². The Hall–Kier alpha value is -2.50. The molecule has 0 unspecified atom stereocenters. The summed E-state index contributed by atoms with van der Waals surface area (Å²) in [6.07, 6.45) is 1.01. The van der Waals surface area contributed by atoms with Crippen LogP contribution in [0, 0.1) is 13.8 Å². The van der Waals surface area contributed by atoms with E-state index in [2.05, 4.69) is 52.9 Å². The lowest BCUT2D eigenvalue weighted by Gasteiger charge is -2.15. The summed E-state index contributed by atoms with van der Waals surface area (Å²) in [4.78, 5) is 29.1. The Kier molecular flexibility index (Phi) is 6.27. The number of benzene rings is 1. The zero-order valence-electron chi connectivity index (χ0n) is 16.8. The number of ketones is 2. The Labute approximate surface area is 170 Å². The Morgan fingerprint density at radius 2 is 1.86 bits per heavy atom. The molecule has 1 atom stereocenters. The number of Topliss-reactive ketones (excluding diaryl/α,β-unsaturated/α-hetero) is 2. The Bertz CT molecular complexity index is 969. The highest BCUT2D eigenvalue weighted by Gasteiger charge is 2.24. The van der Waals surface area contributed by atoms with Crippen LogP contribution < -0.4 is 5.32 Å². The monoisotopic (exact) mass is 395 g/mol. The van der Waals surface area contributed by atoms with Gasteiger partial charge < -0.3 is 10.3 Å². The third-order valence-corrected chi connectivity index (χ3v) is 6.16. The van der Waals surface area contributed by atoms with Gasteiger partial charge in [0.1, 0.15) is 12.6 Å². The molecule has 3 N–H and O–H groups in total. The summed E-state index contributed by atoms with van der Waals surface area (Å²) in [7, 11) is 0. The largest absolute Gasteiger partial charge is 0.355 e. The first-order valence-corrected chi connectivity index (χ1v) is 10.5. The third-order valence-electron chi connectivity index (χ3n) is 5.20. The minimum atomic E-state index is -0.0123. The fourth-order valence-electron chi connectivity index (χ4n) is 3.73. The highest BCUT2D eigenvalue weighted by atomic mass is 32.1. The minimum Gasteiger partial charge on any atom is -0.355 e. The van der Waals surface area contributed by atoms with E-state index in [-0.39, 0.29) is 17.6 Å². The van der Waals surface area contributed by atoms with Crippen molar-refractivity contribution in [3.63, 3.8) is 0 Å². The number of carbonyl (C=O) groups excluding carboxylic acids is 2. The number of H-pyrrole nitrogens is 1. The molecule has 5 heteroatoms. The van der Waals surface area contributed by atoms with E-state index in [9.17, 15) is 9.59 Å². The van der Waals surface area contributed by atoms with E-state index in [4.69, 9.17) is 0 Å². The number of aryl methyl sites for hydroxylation is 2. The summed E-state index contributed by atoms with van der Waals surface area (Å²) >= 11 is 1.70. The average molecular weight is 396 g/mol. The predicted molar refractivity (Wildman–Crippen MR) is 113 cm³/mol. The Morgan fingerprint density at radius 1 is 1.14 bits per heavy atom. The normalized spacial score (nSPS) is 12.1. The Balaban J connectivity index is 1.81. The van der Waals surface area contributed by atoms with Gasteiger partial charge in [-0.25, -0.2) is 0 Å². The van der Waals surface area contributed by atoms with Crippen LogP contribution in [0.25, 0.3) is 0 Å². The number of thiophene rings is 1. The van der Waals surface area contributed by atoms with E-state index < -0.39 is 0 Å². The molecule has 0 amide bonds. The van der Waals surface area contributed by atoms with E-state index in [1.54, 1.807) is 11.3 Å². The van der Waals surface area contributed by atoms with E-state index >= 15 is 0 Å². The van der Waals surface area contributed by atoms with Crippen molar-refractivity contribution in [1.29, 1.82) is 0 Å². The quantitative estimate of drug-likeness (QED) is 0.566. The van der Waals surface area contributed by atoms with Crippen LogP contribution in [0.1, 0.15) is 68.0 Å². The number of carbonyl (C=O) groups is 2. The molecule has 0 saturated carbocycles. The summed E-state index contributed by atoms with van der Waals surface area (Å²) < 4.78 is 0. The SMILES string of the molecule is CCc1ccc([C@@H]([NH2+]CC(=O)c2[nH]c(C)c(C(C)=O)c2C)c2cccs2)cc1. The van der Waals surface area contributed by atoms with Crippen molar-refractivity contribution in [1.82, 2.24) is 4.98 Å². The molecule has 0 saturated heterocycles. The summed E-state index contributed by atoms with van der Waals surface area (Å²) in [6, 6.07) is 12.9. The molecule has 0 aliphatic carbocycles. The molecule has 0 spiro atoms. The molecular weight excluding hydrogens is 368 g/mol. The van der Waals surface area contributed by atoms with Gasteiger partial charge in [0.2, 0.25) is 5.78 Å².